The largest absolute Gasteiger partial charge is 0.433 e. The second-order valence-electron chi connectivity index (χ2n) is 8.66. The highest BCUT2D eigenvalue weighted by molar-refractivity contribution is 6.03. The number of hydrogen-bond acceptors (Lipinski definition) is 7. The van der Waals surface area contributed by atoms with Crippen LogP contribution in [0.25, 0.3) is 0 Å². The first kappa shape index (κ1) is 22.1. The Morgan fingerprint density at radius 3 is 2.65 bits per heavy atom. The van der Waals surface area contributed by atoms with Crippen molar-refractivity contribution in [2.24, 2.45) is 5.92 Å². The topological polar surface area (TPSA) is 101 Å². The molecular weight excluding hydrogens is 449 g/mol. The first-order valence-electron chi connectivity index (χ1n) is 10.9. The first-order valence-corrected chi connectivity index (χ1v) is 10.9. The summed E-state index contributed by atoms with van der Waals surface area (Å²) in [5, 5.41) is 10.4. The smallest absolute Gasteiger partial charge is 0.350 e. The number of likely N-dealkylation sites (N-methyl/N-ethyl adjacent to an activating group) is 1. The molecule has 1 amide bonds. The van der Waals surface area contributed by atoms with Crippen LogP contribution in [0.4, 0.5) is 30.6 Å². The summed E-state index contributed by atoms with van der Waals surface area (Å²) >= 11 is 0. The van der Waals surface area contributed by atoms with Crippen molar-refractivity contribution >= 4 is 23.4 Å². The van der Waals surface area contributed by atoms with Gasteiger partial charge in [-0.3, -0.25) is 14.5 Å². The number of alkyl halides is 3. The zero-order valence-corrected chi connectivity index (χ0v) is 18.6. The quantitative estimate of drug-likeness (QED) is 0.568. The molecule has 0 bridgehead atoms. The van der Waals surface area contributed by atoms with Crippen LogP contribution in [-0.4, -0.2) is 43.7 Å². The van der Waals surface area contributed by atoms with Gasteiger partial charge in [-0.2, -0.15) is 23.3 Å². The number of halogens is 3. The maximum Gasteiger partial charge on any atom is 0.433 e. The highest BCUT2D eigenvalue weighted by atomic mass is 19.4. The van der Waals surface area contributed by atoms with Crippen molar-refractivity contribution in [1.82, 2.24) is 24.7 Å². The SMILES string of the molecule is Cc1nc(NCc2cnn(Cc3ccc(C(F)(F)F)nc3)c2)nc2c1NC(=O)[C@H](C1CC1)N2C. The van der Waals surface area contributed by atoms with Gasteiger partial charge in [0, 0.05) is 31.5 Å². The summed E-state index contributed by atoms with van der Waals surface area (Å²) in [7, 11) is 1.89. The molecule has 3 aromatic heterocycles. The zero-order valence-electron chi connectivity index (χ0n) is 18.6. The molecule has 0 spiro atoms. The molecule has 1 fully saturated rings. The van der Waals surface area contributed by atoms with E-state index in [1.807, 2.05) is 18.9 Å². The third-order valence-electron chi connectivity index (χ3n) is 6.00. The molecule has 12 heteroatoms. The summed E-state index contributed by atoms with van der Waals surface area (Å²) in [5.41, 5.74) is 1.85. The molecule has 2 N–H and O–H groups in total. The molecule has 1 aliphatic heterocycles. The van der Waals surface area contributed by atoms with E-state index >= 15 is 0 Å². The molecule has 0 saturated heterocycles. The first-order chi connectivity index (χ1) is 16.2. The number of hydrogen-bond donors (Lipinski definition) is 2. The van der Waals surface area contributed by atoms with E-state index < -0.39 is 11.9 Å². The van der Waals surface area contributed by atoms with Crippen molar-refractivity contribution in [2.45, 2.75) is 45.1 Å². The van der Waals surface area contributed by atoms with E-state index in [9.17, 15) is 18.0 Å². The highest BCUT2D eigenvalue weighted by Gasteiger charge is 2.43. The summed E-state index contributed by atoms with van der Waals surface area (Å²) in [4.78, 5) is 27.0. The Labute approximate surface area is 193 Å². The number of aromatic nitrogens is 5. The minimum atomic E-state index is -4.46. The van der Waals surface area contributed by atoms with Crippen molar-refractivity contribution < 1.29 is 18.0 Å². The molecule has 1 saturated carbocycles. The van der Waals surface area contributed by atoms with E-state index in [0.29, 0.717) is 47.7 Å². The number of anilines is 3. The Bertz CT molecular complexity index is 1220. The Balaban J connectivity index is 1.25. The fourth-order valence-corrected chi connectivity index (χ4v) is 4.12. The van der Waals surface area contributed by atoms with E-state index in [1.54, 1.807) is 17.1 Å². The van der Waals surface area contributed by atoms with Crippen LogP contribution >= 0.6 is 0 Å². The monoisotopic (exact) mass is 472 g/mol. The normalized spacial score (nSPS) is 18.0. The van der Waals surface area contributed by atoms with Crippen LogP contribution in [0.1, 0.15) is 35.4 Å². The minimum Gasteiger partial charge on any atom is -0.350 e. The predicted molar refractivity (Wildman–Crippen MR) is 118 cm³/mol. The van der Waals surface area contributed by atoms with E-state index in [2.05, 4.69) is 30.7 Å². The number of fused-ring (bicyclic) bond motifs is 1. The maximum atomic E-state index is 12.7. The number of carbonyl (C=O) groups excluding carboxylic acids is 1. The Kier molecular flexibility index (Phi) is 5.37. The lowest BCUT2D eigenvalue weighted by molar-refractivity contribution is -0.141. The van der Waals surface area contributed by atoms with Crippen LogP contribution in [0.5, 0.6) is 0 Å². The van der Waals surface area contributed by atoms with Crippen LogP contribution < -0.4 is 15.5 Å². The number of nitrogens with zero attached hydrogens (tertiary/aromatic N) is 6. The van der Waals surface area contributed by atoms with Crippen molar-refractivity contribution in [3.63, 3.8) is 0 Å². The molecule has 178 valence electrons. The lowest BCUT2D eigenvalue weighted by Gasteiger charge is -2.35. The number of nitrogens with one attached hydrogen (secondary N) is 2. The molecule has 1 atom stereocenters. The summed E-state index contributed by atoms with van der Waals surface area (Å²) < 4.78 is 39.6. The van der Waals surface area contributed by atoms with E-state index in [-0.39, 0.29) is 11.9 Å². The summed E-state index contributed by atoms with van der Waals surface area (Å²) in [5.74, 6) is 1.47. The average molecular weight is 472 g/mol. The Hall–Kier alpha value is -3.70. The van der Waals surface area contributed by atoms with Gasteiger partial charge < -0.3 is 15.5 Å². The molecule has 2 aliphatic rings. The average Bonchev–Trinajstić information content (AvgIpc) is 3.51. The molecular formula is C22H23F3N8O. The molecule has 0 radical (unpaired) electrons. The number of amides is 1. The number of rotatable bonds is 6. The van der Waals surface area contributed by atoms with E-state index in [1.165, 1.54) is 12.3 Å². The molecule has 5 rings (SSSR count). The van der Waals surface area contributed by atoms with Gasteiger partial charge in [0.1, 0.15) is 17.4 Å². The van der Waals surface area contributed by atoms with Crippen molar-refractivity contribution in [3.8, 4) is 0 Å². The molecule has 1 aliphatic carbocycles. The molecule has 34 heavy (non-hydrogen) atoms. The number of pyridine rings is 1. The zero-order chi connectivity index (χ0) is 24.0. The second-order valence-corrected chi connectivity index (χ2v) is 8.66. The van der Waals surface area contributed by atoms with Crippen LogP contribution in [0, 0.1) is 12.8 Å². The van der Waals surface area contributed by atoms with Gasteiger partial charge in [0.25, 0.3) is 0 Å². The second kappa shape index (κ2) is 8.26. The molecule has 9 nitrogen and oxygen atoms in total. The van der Waals surface area contributed by atoms with Gasteiger partial charge in [0.15, 0.2) is 5.82 Å². The van der Waals surface area contributed by atoms with Gasteiger partial charge >= 0.3 is 6.18 Å². The van der Waals surface area contributed by atoms with Gasteiger partial charge in [0.05, 0.1) is 18.4 Å². The molecule has 4 heterocycles. The third kappa shape index (κ3) is 4.39. The molecule has 0 unspecified atom stereocenters. The summed E-state index contributed by atoms with van der Waals surface area (Å²) in [6.07, 6.45) is 2.30. The highest BCUT2D eigenvalue weighted by Crippen LogP contribution is 2.41. The van der Waals surface area contributed by atoms with Crippen molar-refractivity contribution in [1.29, 1.82) is 0 Å². The van der Waals surface area contributed by atoms with Gasteiger partial charge in [-0.1, -0.05) is 6.07 Å². The molecule has 0 aromatic carbocycles. The van der Waals surface area contributed by atoms with Crippen molar-refractivity contribution in [3.05, 3.63) is 53.2 Å². The van der Waals surface area contributed by atoms with Crippen LogP contribution in [0.15, 0.2) is 30.7 Å². The fraction of sp³-hybridized carbons (Fsp3) is 0.409. The van der Waals surface area contributed by atoms with Gasteiger partial charge in [-0.15, -0.1) is 0 Å². The van der Waals surface area contributed by atoms with E-state index in [4.69, 9.17) is 0 Å². The third-order valence-corrected chi connectivity index (χ3v) is 6.00. The number of aryl methyl sites for hydroxylation is 1. The predicted octanol–water partition coefficient (Wildman–Crippen LogP) is 3.22. The van der Waals surface area contributed by atoms with Crippen LogP contribution in [-0.2, 0) is 24.1 Å². The van der Waals surface area contributed by atoms with Crippen LogP contribution in [0.3, 0.4) is 0 Å². The summed E-state index contributed by atoms with van der Waals surface area (Å²) in [6, 6.07) is 2.14. The minimum absolute atomic E-state index is 0.0134. The van der Waals surface area contributed by atoms with E-state index in [0.717, 1.165) is 24.5 Å². The molecule has 3 aromatic rings. The van der Waals surface area contributed by atoms with Crippen molar-refractivity contribution in [2.75, 3.05) is 22.6 Å². The fourth-order valence-electron chi connectivity index (χ4n) is 4.12. The summed E-state index contributed by atoms with van der Waals surface area (Å²) in [6.45, 7) is 2.53. The van der Waals surface area contributed by atoms with Gasteiger partial charge in [-0.25, -0.2) is 4.98 Å². The van der Waals surface area contributed by atoms with Gasteiger partial charge in [0.2, 0.25) is 11.9 Å². The lowest BCUT2D eigenvalue weighted by atomic mass is 10.1. The van der Waals surface area contributed by atoms with Gasteiger partial charge in [-0.05, 0) is 37.3 Å². The lowest BCUT2D eigenvalue weighted by Crippen LogP contribution is -2.48. The standard InChI is InChI=1S/C22H23F3N8O/c1-12-17-19(32(2)18(15-4-5-15)20(34)30-17)31-21(29-12)27-8-14-9-28-33(11-14)10-13-3-6-16(26-7-13)22(23,24)25/h3,6-7,9,11,15,18H,4-5,8,10H2,1-2H3,(H,30,34)(H,27,29,31)/t18-/m0/s1. The van der Waals surface area contributed by atoms with Crippen LogP contribution in [0.2, 0.25) is 0 Å². The maximum absolute atomic E-state index is 12.7. The number of carbonyl (C=O) groups is 1. The Morgan fingerprint density at radius 1 is 1.18 bits per heavy atom. The Morgan fingerprint density at radius 2 is 1.97 bits per heavy atom.